The lowest BCUT2D eigenvalue weighted by Crippen LogP contribution is -2.18. The first kappa shape index (κ1) is 21.1. The van der Waals surface area contributed by atoms with E-state index in [1.54, 1.807) is 19.4 Å². The SMILES string of the molecule is COc1cc2ccccc2cc1C(=O)N/N=C\c1ccc(OCc2ccc(C)cc2)cc1. The highest BCUT2D eigenvalue weighted by atomic mass is 16.5. The minimum atomic E-state index is -0.332. The number of methoxy groups -OCH3 is 1. The fraction of sp³-hybridized carbons (Fsp3) is 0.111. The zero-order valence-corrected chi connectivity index (χ0v) is 18.0. The summed E-state index contributed by atoms with van der Waals surface area (Å²) in [5.74, 6) is 0.945. The zero-order valence-electron chi connectivity index (χ0n) is 18.0. The van der Waals surface area contributed by atoms with E-state index >= 15 is 0 Å². The normalized spacial score (nSPS) is 10.9. The molecule has 1 amide bonds. The highest BCUT2D eigenvalue weighted by Crippen LogP contribution is 2.25. The van der Waals surface area contributed by atoms with Gasteiger partial charge in [0.25, 0.3) is 5.91 Å². The second-order valence-electron chi connectivity index (χ2n) is 7.44. The standard InChI is InChI=1S/C27H24N2O3/c1-19-7-9-21(10-8-19)18-32-24-13-11-20(12-14-24)17-28-29-27(30)25-15-22-5-3-4-6-23(22)16-26(25)31-2/h3-17H,18H2,1-2H3,(H,29,30)/b28-17-. The van der Waals surface area contributed by atoms with Crippen LogP contribution < -0.4 is 14.9 Å². The van der Waals surface area contributed by atoms with Crippen LogP contribution in [0.1, 0.15) is 27.0 Å². The molecule has 0 fully saturated rings. The van der Waals surface area contributed by atoms with Gasteiger partial charge in [0.05, 0.1) is 18.9 Å². The van der Waals surface area contributed by atoms with Crippen LogP contribution in [0.25, 0.3) is 10.8 Å². The predicted octanol–water partition coefficient (Wildman–Crippen LogP) is 5.50. The van der Waals surface area contributed by atoms with Crippen LogP contribution in [0.4, 0.5) is 0 Å². The molecule has 4 aromatic carbocycles. The Labute approximate surface area is 187 Å². The molecule has 5 nitrogen and oxygen atoms in total. The molecule has 4 rings (SSSR count). The van der Waals surface area contributed by atoms with Crippen molar-refractivity contribution in [2.75, 3.05) is 7.11 Å². The largest absolute Gasteiger partial charge is 0.496 e. The number of carbonyl (C=O) groups is 1. The van der Waals surface area contributed by atoms with Crippen LogP contribution in [-0.4, -0.2) is 19.2 Å². The number of amides is 1. The summed E-state index contributed by atoms with van der Waals surface area (Å²) in [4.78, 5) is 12.6. The Bertz CT molecular complexity index is 1250. The van der Waals surface area contributed by atoms with Crippen LogP contribution in [0.3, 0.4) is 0 Å². The molecule has 0 aliphatic heterocycles. The Morgan fingerprint density at radius 2 is 1.62 bits per heavy atom. The van der Waals surface area contributed by atoms with Crippen LogP contribution in [0.5, 0.6) is 11.5 Å². The highest BCUT2D eigenvalue weighted by Gasteiger charge is 2.13. The number of ether oxygens (including phenoxy) is 2. The Balaban J connectivity index is 1.37. The van der Waals surface area contributed by atoms with E-state index in [1.807, 2.05) is 54.6 Å². The van der Waals surface area contributed by atoms with Gasteiger partial charge in [0.15, 0.2) is 0 Å². The lowest BCUT2D eigenvalue weighted by Gasteiger charge is -2.09. The molecule has 160 valence electrons. The molecule has 4 aromatic rings. The molecule has 0 radical (unpaired) electrons. The first-order chi connectivity index (χ1) is 15.6. The molecule has 5 heteroatoms. The van der Waals surface area contributed by atoms with Crippen molar-refractivity contribution in [1.82, 2.24) is 5.43 Å². The first-order valence-corrected chi connectivity index (χ1v) is 10.3. The van der Waals surface area contributed by atoms with E-state index in [1.165, 1.54) is 5.56 Å². The molecule has 0 bridgehead atoms. The molecule has 0 aromatic heterocycles. The summed E-state index contributed by atoms with van der Waals surface area (Å²) in [5, 5.41) is 6.05. The maximum atomic E-state index is 12.6. The number of rotatable bonds is 7. The van der Waals surface area contributed by atoms with Gasteiger partial charge in [-0.25, -0.2) is 5.43 Å². The van der Waals surface area contributed by atoms with Crippen LogP contribution in [0.2, 0.25) is 0 Å². The van der Waals surface area contributed by atoms with Gasteiger partial charge >= 0.3 is 0 Å². The summed E-state index contributed by atoms with van der Waals surface area (Å²) < 4.78 is 11.2. The molecule has 0 aliphatic carbocycles. The monoisotopic (exact) mass is 424 g/mol. The Morgan fingerprint density at radius 1 is 0.938 bits per heavy atom. The minimum Gasteiger partial charge on any atom is -0.496 e. The number of benzene rings is 4. The van der Waals surface area contributed by atoms with Crippen molar-refractivity contribution in [3.8, 4) is 11.5 Å². The number of fused-ring (bicyclic) bond motifs is 1. The molecule has 0 spiro atoms. The van der Waals surface area contributed by atoms with Gasteiger partial charge in [-0.1, -0.05) is 54.1 Å². The summed E-state index contributed by atoms with van der Waals surface area (Å²) in [5.41, 5.74) is 6.20. The molecule has 0 aliphatic rings. The van der Waals surface area contributed by atoms with Gasteiger partial charge in [-0.3, -0.25) is 4.79 Å². The van der Waals surface area contributed by atoms with E-state index in [0.29, 0.717) is 17.9 Å². The lowest BCUT2D eigenvalue weighted by molar-refractivity contribution is 0.0952. The van der Waals surface area contributed by atoms with E-state index in [-0.39, 0.29) is 5.91 Å². The van der Waals surface area contributed by atoms with Gasteiger partial charge in [-0.15, -0.1) is 0 Å². The van der Waals surface area contributed by atoms with Crippen molar-refractivity contribution < 1.29 is 14.3 Å². The molecule has 32 heavy (non-hydrogen) atoms. The smallest absolute Gasteiger partial charge is 0.275 e. The summed E-state index contributed by atoms with van der Waals surface area (Å²) in [6.07, 6.45) is 1.59. The second kappa shape index (κ2) is 9.79. The fourth-order valence-corrected chi connectivity index (χ4v) is 3.29. The van der Waals surface area contributed by atoms with Crippen molar-refractivity contribution in [3.63, 3.8) is 0 Å². The maximum Gasteiger partial charge on any atom is 0.275 e. The first-order valence-electron chi connectivity index (χ1n) is 10.3. The number of carbonyl (C=O) groups excluding carboxylic acids is 1. The van der Waals surface area contributed by atoms with Gasteiger partial charge in [0.1, 0.15) is 18.1 Å². The Hall–Kier alpha value is -4.12. The maximum absolute atomic E-state index is 12.6. The van der Waals surface area contributed by atoms with E-state index < -0.39 is 0 Å². The predicted molar refractivity (Wildman–Crippen MR) is 128 cm³/mol. The van der Waals surface area contributed by atoms with Crippen molar-refractivity contribution in [1.29, 1.82) is 0 Å². The van der Waals surface area contributed by atoms with Gasteiger partial charge in [0.2, 0.25) is 0 Å². The van der Waals surface area contributed by atoms with Gasteiger partial charge in [0, 0.05) is 0 Å². The molecular weight excluding hydrogens is 400 g/mol. The third kappa shape index (κ3) is 5.13. The minimum absolute atomic E-state index is 0.332. The number of hydrogen-bond acceptors (Lipinski definition) is 4. The Morgan fingerprint density at radius 3 is 2.31 bits per heavy atom. The number of nitrogens with zero attached hydrogens (tertiary/aromatic N) is 1. The van der Waals surface area contributed by atoms with Crippen LogP contribution in [0, 0.1) is 6.92 Å². The quantitative estimate of drug-likeness (QED) is 0.315. The van der Waals surface area contributed by atoms with Crippen LogP contribution in [-0.2, 0) is 6.61 Å². The van der Waals surface area contributed by atoms with E-state index in [0.717, 1.165) is 27.6 Å². The number of hydrogen-bond donors (Lipinski definition) is 1. The average Bonchev–Trinajstić information content (AvgIpc) is 2.83. The summed E-state index contributed by atoms with van der Waals surface area (Å²) in [6, 6.07) is 27.3. The van der Waals surface area contributed by atoms with E-state index in [9.17, 15) is 4.79 Å². The zero-order chi connectivity index (χ0) is 22.3. The highest BCUT2D eigenvalue weighted by molar-refractivity contribution is 6.01. The summed E-state index contributed by atoms with van der Waals surface area (Å²) >= 11 is 0. The van der Waals surface area contributed by atoms with Gasteiger partial charge in [-0.05, 0) is 65.2 Å². The van der Waals surface area contributed by atoms with Crippen LogP contribution >= 0.6 is 0 Å². The molecule has 0 saturated carbocycles. The molecule has 0 saturated heterocycles. The van der Waals surface area contributed by atoms with Crippen molar-refractivity contribution >= 4 is 22.9 Å². The molecule has 0 atom stereocenters. The topological polar surface area (TPSA) is 59.9 Å². The summed E-state index contributed by atoms with van der Waals surface area (Å²) in [7, 11) is 1.55. The van der Waals surface area contributed by atoms with Crippen molar-refractivity contribution in [3.05, 3.63) is 107 Å². The third-order valence-corrected chi connectivity index (χ3v) is 5.10. The van der Waals surface area contributed by atoms with Crippen LogP contribution in [0.15, 0.2) is 90.0 Å². The molecule has 0 unspecified atom stereocenters. The molecule has 0 heterocycles. The molecular formula is C27H24N2O3. The fourth-order valence-electron chi connectivity index (χ4n) is 3.29. The van der Waals surface area contributed by atoms with Gasteiger partial charge in [-0.2, -0.15) is 5.10 Å². The number of aryl methyl sites for hydroxylation is 1. The second-order valence-corrected chi connectivity index (χ2v) is 7.44. The third-order valence-electron chi connectivity index (χ3n) is 5.10. The van der Waals surface area contributed by atoms with Crippen molar-refractivity contribution in [2.24, 2.45) is 5.10 Å². The average molecular weight is 425 g/mol. The van der Waals surface area contributed by atoms with E-state index in [4.69, 9.17) is 9.47 Å². The van der Waals surface area contributed by atoms with Crippen molar-refractivity contribution in [2.45, 2.75) is 13.5 Å². The molecule has 1 N–H and O–H groups in total. The Kier molecular flexibility index (Phi) is 6.46. The van der Waals surface area contributed by atoms with Gasteiger partial charge < -0.3 is 9.47 Å². The van der Waals surface area contributed by atoms with E-state index in [2.05, 4.69) is 41.7 Å². The number of nitrogens with one attached hydrogen (secondary N) is 1. The summed E-state index contributed by atoms with van der Waals surface area (Å²) in [6.45, 7) is 2.57. The lowest BCUT2D eigenvalue weighted by atomic mass is 10.1. The number of hydrazone groups is 1.